The van der Waals surface area contributed by atoms with E-state index in [-0.39, 0.29) is 31.6 Å². The molecule has 1 saturated heterocycles. The summed E-state index contributed by atoms with van der Waals surface area (Å²) in [4.78, 5) is 50.7. The van der Waals surface area contributed by atoms with Crippen molar-refractivity contribution in [1.82, 2.24) is 10.2 Å². The van der Waals surface area contributed by atoms with Crippen LogP contribution in [0.4, 0.5) is 4.79 Å². The molecular weight excluding hydrogens is 416 g/mol. The molecule has 168 valence electrons. The van der Waals surface area contributed by atoms with Crippen LogP contribution in [-0.4, -0.2) is 53.1 Å². The molecule has 0 aliphatic carbocycles. The third kappa shape index (κ3) is 5.63. The number of nitrogens with zero attached hydrogens (tertiary/aromatic N) is 1. The maximum atomic E-state index is 12.9. The molecule has 32 heavy (non-hydrogen) atoms. The number of carbonyl (C=O) groups excluding carboxylic acids is 4. The Morgan fingerprint density at radius 2 is 1.78 bits per heavy atom. The number of hydrogen-bond donors (Lipinski definition) is 2. The summed E-state index contributed by atoms with van der Waals surface area (Å²) in [5, 5.41) is 12.0. The minimum absolute atomic E-state index is 0.0133. The van der Waals surface area contributed by atoms with Gasteiger partial charge in [-0.2, -0.15) is 0 Å². The quantitative estimate of drug-likeness (QED) is 0.631. The minimum Gasteiger partial charge on any atom is -0.508 e. The number of ether oxygens (including phenoxy) is 2. The summed E-state index contributed by atoms with van der Waals surface area (Å²) in [5.41, 5.74) is 1.42. The molecule has 3 rings (SSSR count). The number of aromatic hydroxyl groups is 1. The van der Waals surface area contributed by atoms with Crippen LogP contribution in [0, 0.1) is 0 Å². The molecule has 2 N–H and O–H groups in total. The molecule has 2 aromatic carbocycles. The number of methoxy groups -OCH3 is 1. The van der Waals surface area contributed by atoms with Gasteiger partial charge in [0, 0.05) is 12.8 Å². The van der Waals surface area contributed by atoms with Crippen LogP contribution in [-0.2, 0) is 36.9 Å². The molecule has 0 radical (unpaired) electrons. The Bertz CT molecular complexity index is 976. The summed E-state index contributed by atoms with van der Waals surface area (Å²) in [6.45, 7) is -0.0383. The molecule has 1 aliphatic heterocycles. The number of hydrogen-bond acceptors (Lipinski definition) is 7. The van der Waals surface area contributed by atoms with Gasteiger partial charge in [-0.05, 0) is 29.7 Å². The first-order valence-corrected chi connectivity index (χ1v) is 10.1. The second-order valence-electron chi connectivity index (χ2n) is 7.31. The maximum Gasteiger partial charge on any atom is 0.417 e. The highest BCUT2D eigenvalue weighted by Crippen LogP contribution is 2.21. The topological polar surface area (TPSA) is 122 Å². The van der Waals surface area contributed by atoms with Gasteiger partial charge < -0.3 is 19.9 Å². The van der Waals surface area contributed by atoms with Gasteiger partial charge in [0.15, 0.2) is 0 Å². The van der Waals surface area contributed by atoms with Gasteiger partial charge in [-0.15, -0.1) is 0 Å². The lowest BCUT2D eigenvalue weighted by Gasteiger charge is -2.24. The van der Waals surface area contributed by atoms with Crippen molar-refractivity contribution in [3.8, 4) is 5.75 Å². The zero-order valence-corrected chi connectivity index (χ0v) is 17.5. The Balaban J connectivity index is 1.67. The van der Waals surface area contributed by atoms with E-state index >= 15 is 0 Å². The molecule has 2 atom stereocenters. The van der Waals surface area contributed by atoms with Crippen molar-refractivity contribution in [3.63, 3.8) is 0 Å². The molecule has 0 saturated carbocycles. The molecule has 3 amide bonds. The van der Waals surface area contributed by atoms with Gasteiger partial charge in [0.25, 0.3) is 0 Å². The standard InChI is InChI=1S/C23H24N2O7/c1-31-22(29)18(13-15-7-9-17(26)10-8-15)24-21(28)19-11-12-20(27)25(19)23(30)32-14-16-5-3-2-4-6-16/h2-10,18-19,26H,11-14H2,1H3,(H,24,28)/t18-,19-/m1/s1. The van der Waals surface area contributed by atoms with E-state index < -0.39 is 36.0 Å². The number of amides is 3. The van der Waals surface area contributed by atoms with Gasteiger partial charge in [0.05, 0.1) is 7.11 Å². The van der Waals surface area contributed by atoms with Crippen LogP contribution >= 0.6 is 0 Å². The summed E-state index contributed by atoms with van der Waals surface area (Å²) in [5.74, 6) is -1.77. The van der Waals surface area contributed by atoms with E-state index in [1.54, 1.807) is 36.4 Å². The lowest BCUT2D eigenvalue weighted by Crippen LogP contribution is -2.52. The van der Waals surface area contributed by atoms with Crippen molar-refractivity contribution in [1.29, 1.82) is 0 Å². The van der Waals surface area contributed by atoms with Gasteiger partial charge in [-0.25, -0.2) is 14.5 Å². The van der Waals surface area contributed by atoms with Crippen LogP contribution in [0.15, 0.2) is 54.6 Å². The van der Waals surface area contributed by atoms with Crippen molar-refractivity contribution in [2.45, 2.75) is 38.0 Å². The fourth-order valence-electron chi connectivity index (χ4n) is 3.42. The molecule has 0 bridgehead atoms. The Labute approximate surface area is 184 Å². The van der Waals surface area contributed by atoms with Crippen LogP contribution < -0.4 is 5.32 Å². The van der Waals surface area contributed by atoms with Gasteiger partial charge >= 0.3 is 12.1 Å². The van der Waals surface area contributed by atoms with Gasteiger partial charge in [0.2, 0.25) is 11.8 Å². The Hall–Kier alpha value is -3.88. The minimum atomic E-state index is -1.09. The van der Waals surface area contributed by atoms with Gasteiger partial charge in [0.1, 0.15) is 24.4 Å². The lowest BCUT2D eigenvalue weighted by atomic mass is 10.0. The zero-order valence-electron chi connectivity index (χ0n) is 17.5. The van der Waals surface area contributed by atoms with Crippen molar-refractivity contribution in [2.24, 2.45) is 0 Å². The summed E-state index contributed by atoms with van der Waals surface area (Å²) in [6.07, 6.45) is -0.667. The SMILES string of the molecule is COC(=O)[C@@H](Cc1ccc(O)cc1)NC(=O)[C@H]1CCC(=O)N1C(=O)OCc1ccccc1. The van der Waals surface area contributed by atoms with E-state index in [1.807, 2.05) is 6.07 Å². The van der Waals surface area contributed by atoms with Crippen LogP contribution in [0.2, 0.25) is 0 Å². The van der Waals surface area contributed by atoms with E-state index in [9.17, 15) is 24.3 Å². The van der Waals surface area contributed by atoms with Crippen LogP contribution in [0.25, 0.3) is 0 Å². The Morgan fingerprint density at radius 3 is 2.44 bits per heavy atom. The number of esters is 1. The average molecular weight is 440 g/mol. The fourth-order valence-corrected chi connectivity index (χ4v) is 3.42. The molecule has 2 aromatic rings. The Kier molecular flexibility index (Phi) is 7.43. The molecule has 0 spiro atoms. The molecule has 0 unspecified atom stereocenters. The maximum absolute atomic E-state index is 12.9. The number of likely N-dealkylation sites (tertiary alicyclic amines) is 1. The highest BCUT2D eigenvalue weighted by molar-refractivity contribution is 6.01. The first-order chi connectivity index (χ1) is 15.4. The monoisotopic (exact) mass is 440 g/mol. The smallest absolute Gasteiger partial charge is 0.417 e. The largest absolute Gasteiger partial charge is 0.508 e. The molecule has 1 fully saturated rings. The lowest BCUT2D eigenvalue weighted by molar-refractivity contribution is -0.145. The van der Waals surface area contributed by atoms with E-state index in [0.29, 0.717) is 5.56 Å². The second kappa shape index (κ2) is 10.4. The fraction of sp³-hybridized carbons (Fsp3) is 0.304. The molecule has 9 heteroatoms. The number of benzene rings is 2. The summed E-state index contributed by atoms with van der Waals surface area (Å²) in [7, 11) is 1.20. The van der Waals surface area contributed by atoms with Crippen LogP contribution in [0.3, 0.4) is 0 Å². The average Bonchev–Trinajstić information content (AvgIpc) is 3.20. The molecular formula is C23H24N2O7. The first-order valence-electron chi connectivity index (χ1n) is 10.1. The third-order valence-electron chi connectivity index (χ3n) is 5.09. The van der Waals surface area contributed by atoms with E-state index in [0.717, 1.165) is 10.5 Å². The van der Waals surface area contributed by atoms with Crippen LogP contribution in [0.5, 0.6) is 5.75 Å². The van der Waals surface area contributed by atoms with Crippen molar-refractivity contribution < 1.29 is 33.8 Å². The first kappa shape index (κ1) is 22.8. The predicted molar refractivity (Wildman–Crippen MR) is 112 cm³/mol. The molecule has 0 aromatic heterocycles. The molecule has 9 nitrogen and oxygen atoms in total. The summed E-state index contributed by atoms with van der Waals surface area (Å²) >= 11 is 0. The van der Waals surface area contributed by atoms with Crippen molar-refractivity contribution >= 4 is 23.9 Å². The van der Waals surface area contributed by atoms with Gasteiger partial charge in [-0.1, -0.05) is 42.5 Å². The zero-order chi connectivity index (χ0) is 23.1. The van der Waals surface area contributed by atoms with E-state index in [1.165, 1.54) is 19.2 Å². The summed E-state index contributed by atoms with van der Waals surface area (Å²) < 4.78 is 9.99. The number of imide groups is 1. The van der Waals surface area contributed by atoms with E-state index in [4.69, 9.17) is 9.47 Å². The highest BCUT2D eigenvalue weighted by Gasteiger charge is 2.42. The Morgan fingerprint density at radius 1 is 1.09 bits per heavy atom. The number of carbonyl (C=O) groups is 4. The molecule has 1 heterocycles. The highest BCUT2D eigenvalue weighted by atomic mass is 16.6. The second-order valence-corrected chi connectivity index (χ2v) is 7.31. The van der Waals surface area contributed by atoms with Crippen molar-refractivity contribution in [2.75, 3.05) is 7.11 Å². The summed E-state index contributed by atoms with van der Waals surface area (Å²) in [6, 6.07) is 13.0. The van der Waals surface area contributed by atoms with Crippen molar-refractivity contribution in [3.05, 3.63) is 65.7 Å². The van der Waals surface area contributed by atoms with Gasteiger partial charge in [-0.3, -0.25) is 9.59 Å². The van der Waals surface area contributed by atoms with Crippen LogP contribution in [0.1, 0.15) is 24.0 Å². The number of nitrogens with one attached hydrogen (secondary N) is 1. The molecule has 1 aliphatic rings. The third-order valence-corrected chi connectivity index (χ3v) is 5.09. The number of rotatable bonds is 7. The number of phenolic OH excluding ortho intramolecular Hbond substituents is 1. The number of phenols is 1. The van der Waals surface area contributed by atoms with E-state index in [2.05, 4.69) is 5.32 Å². The predicted octanol–water partition coefficient (Wildman–Crippen LogP) is 1.92. The normalized spacial score (nSPS) is 16.3.